The Hall–Kier alpha value is -1.48. The second kappa shape index (κ2) is 5.44. The highest BCUT2D eigenvalue weighted by Gasteiger charge is 2.05. The Kier molecular flexibility index (Phi) is 3.92. The van der Waals surface area contributed by atoms with Gasteiger partial charge in [0.15, 0.2) is 0 Å². The first-order valence-electron chi connectivity index (χ1n) is 5.64. The molecule has 18 heavy (non-hydrogen) atoms. The van der Waals surface area contributed by atoms with Gasteiger partial charge in [0.2, 0.25) is 0 Å². The van der Waals surface area contributed by atoms with Gasteiger partial charge in [-0.15, -0.1) is 0 Å². The maximum atomic E-state index is 5.27. The van der Waals surface area contributed by atoms with Crippen LogP contribution in [0.1, 0.15) is 5.56 Å². The third kappa shape index (κ3) is 2.51. The van der Waals surface area contributed by atoms with Gasteiger partial charge >= 0.3 is 0 Å². The number of hydrogen-bond acceptors (Lipinski definition) is 2. The van der Waals surface area contributed by atoms with Crippen LogP contribution in [0.5, 0.6) is 11.5 Å². The van der Waals surface area contributed by atoms with Crippen molar-refractivity contribution >= 4 is 15.9 Å². The standard InChI is InChI=1S/C15H15BrO2/c1-10-8-11(4-6-14(10)17-2)12-5-7-15(18-3)13(16)9-12/h4-9H,1-3H3. The summed E-state index contributed by atoms with van der Waals surface area (Å²) in [5.74, 6) is 1.75. The predicted octanol–water partition coefficient (Wildman–Crippen LogP) is 4.44. The van der Waals surface area contributed by atoms with Crippen LogP contribution in [0.3, 0.4) is 0 Å². The minimum atomic E-state index is 0.837. The summed E-state index contributed by atoms with van der Waals surface area (Å²) in [6.45, 7) is 2.04. The lowest BCUT2D eigenvalue weighted by molar-refractivity contribution is 0.411. The Morgan fingerprint density at radius 1 is 0.833 bits per heavy atom. The lowest BCUT2D eigenvalue weighted by Gasteiger charge is -2.09. The Labute approximate surface area is 116 Å². The molecule has 0 unspecified atom stereocenters. The molecule has 0 aliphatic rings. The van der Waals surface area contributed by atoms with E-state index in [1.807, 2.05) is 25.1 Å². The Balaban J connectivity index is 2.42. The van der Waals surface area contributed by atoms with E-state index in [1.165, 1.54) is 0 Å². The van der Waals surface area contributed by atoms with E-state index < -0.39 is 0 Å². The molecule has 2 nitrogen and oxygen atoms in total. The highest BCUT2D eigenvalue weighted by Crippen LogP contribution is 2.32. The molecule has 0 aliphatic heterocycles. The van der Waals surface area contributed by atoms with Crippen molar-refractivity contribution in [1.82, 2.24) is 0 Å². The fourth-order valence-corrected chi connectivity index (χ4v) is 2.44. The van der Waals surface area contributed by atoms with Gasteiger partial charge in [0.1, 0.15) is 11.5 Å². The van der Waals surface area contributed by atoms with E-state index in [4.69, 9.17) is 9.47 Å². The number of methoxy groups -OCH3 is 2. The second-order valence-corrected chi connectivity index (χ2v) is 4.89. The van der Waals surface area contributed by atoms with Crippen LogP contribution in [0.4, 0.5) is 0 Å². The van der Waals surface area contributed by atoms with Crippen molar-refractivity contribution in [2.24, 2.45) is 0 Å². The fourth-order valence-electron chi connectivity index (χ4n) is 1.90. The first-order valence-corrected chi connectivity index (χ1v) is 6.43. The normalized spacial score (nSPS) is 10.2. The quantitative estimate of drug-likeness (QED) is 0.834. The van der Waals surface area contributed by atoms with Crippen molar-refractivity contribution in [2.45, 2.75) is 6.92 Å². The van der Waals surface area contributed by atoms with Gasteiger partial charge in [0.25, 0.3) is 0 Å². The van der Waals surface area contributed by atoms with Gasteiger partial charge in [-0.05, 0) is 63.8 Å². The minimum Gasteiger partial charge on any atom is -0.496 e. The van der Waals surface area contributed by atoms with Gasteiger partial charge < -0.3 is 9.47 Å². The molecule has 0 aromatic heterocycles. The van der Waals surface area contributed by atoms with Crippen LogP contribution in [0.15, 0.2) is 40.9 Å². The molecule has 0 fully saturated rings. The predicted molar refractivity (Wildman–Crippen MR) is 77.4 cm³/mol. The summed E-state index contributed by atoms with van der Waals surface area (Å²) in [6, 6.07) is 12.2. The van der Waals surface area contributed by atoms with Crippen LogP contribution in [0.25, 0.3) is 11.1 Å². The SMILES string of the molecule is COc1ccc(-c2ccc(OC)c(Br)c2)cc1C. The van der Waals surface area contributed by atoms with Crippen molar-refractivity contribution in [3.05, 3.63) is 46.4 Å². The smallest absolute Gasteiger partial charge is 0.133 e. The summed E-state index contributed by atoms with van der Waals surface area (Å²) in [6.07, 6.45) is 0. The molecule has 2 aromatic carbocycles. The summed E-state index contributed by atoms with van der Waals surface area (Å²) in [5, 5.41) is 0. The van der Waals surface area contributed by atoms with Crippen LogP contribution in [-0.4, -0.2) is 14.2 Å². The van der Waals surface area contributed by atoms with Crippen molar-refractivity contribution in [3.8, 4) is 22.6 Å². The molecule has 2 rings (SSSR count). The van der Waals surface area contributed by atoms with Gasteiger partial charge in [-0.2, -0.15) is 0 Å². The van der Waals surface area contributed by atoms with E-state index in [0.29, 0.717) is 0 Å². The summed E-state index contributed by atoms with van der Waals surface area (Å²) in [5.41, 5.74) is 3.44. The summed E-state index contributed by atoms with van der Waals surface area (Å²) < 4.78 is 11.5. The molecular formula is C15H15BrO2. The van der Waals surface area contributed by atoms with Crippen LogP contribution in [0.2, 0.25) is 0 Å². The molecule has 2 aromatic rings. The number of hydrogen-bond donors (Lipinski definition) is 0. The highest BCUT2D eigenvalue weighted by atomic mass is 79.9. The summed E-state index contributed by atoms with van der Waals surface area (Å²) in [7, 11) is 3.35. The van der Waals surface area contributed by atoms with E-state index in [1.54, 1.807) is 14.2 Å². The number of benzene rings is 2. The topological polar surface area (TPSA) is 18.5 Å². The van der Waals surface area contributed by atoms with Crippen LogP contribution < -0.4 is 9.47 Å². The molecule has 0 saturated heterocycles. The summed E-state index contributed by atoms with van der Waals surface area (Å²) in [4.78, 5) is 0. The molecule has 0 amide bonds. The largest absolute Gasteiger partial charge is 0.496 e. The second-order valence-electron chi connectivity index (χ2n) is 4.03. The third-order valence-electron chi connectivity index (χ3n) is 2.88. The number of aryl methyl sites for hydroxylation is 1. The van der Waals surface area contributed by atoms with E-state index >= 15 is 0 Å². The molecule has 0 aliphatic carbocycles. The molecule has 0 radical (unpaired) electrons. The number of ether oxygens (including phenoxy) is 2. The van der Waals surface area contributed by atoms with E-state index in [-0.39, 0.29) is 0 Å². The maximum Gasteiger partial charge on any atom is 0.133 e. The fraction of sp³-hybridized carbons (Fsp3) is 0.200. The van der Waals surface area contributed by atoms with E-state index in [9.17, 15) is 0 Å². The van der Waals surface area contributed by atoms with Gasteiger partial charge in [-0.3, -0.25) is 0 Å². The summed E-state index contributed by atoms with van der Waals surface area (Å²) >= 11 is 3.50. The Bertz CT molecular complexity index is 513. The molecule has 0 saturated carbocycles. The molecule has 3 heteroatoms. The molecule has 0 atom stereocenters. The Morgan fingerprint density at radius 3 is 1.89 bits per heavy atom. The molecule has 0 bridgehead atoms. The van der Waals surface area contributed by atoms with Crippen molar-refractivity contribution in [1.29, 1.82) is 0 Å². The lowest BCUT2D eigenvalue weighted by atomic mass is 10.0. The van der Waals surface area contributed by atoms with E-state index in [2.05, 4.69) is 34.1 Å². The van der Waals surface area contributed by atoms with Crippen LogP contribution >= 0.6 is 15.9 Å². The van der Waals surface area contributed by atoms with Gasteiger partial charge in [-0.1, -0.05) is 12.1 Å². The Morgan fingerprint density at radius 2 is 1.39 bits per heavy atom. The van der Waals surface area contributed by atoms with Gasteiger partial charge in [0.05, 0.1) is 18.7 Å². The lowest BCUT2D eigenvalue weighted by Crippen LogP contribution is -1.89. The monoisotopic (exact) mass is 306 g/mol. The average molecular weight is 307 g/mol. The van der Waals surface area contributed by atoms with Crippen molar-refractivity contribution in [2.75, 3.05) is 14.2 Å². The zero-order valence-electron chi connectivity index (χ0n) is 10.7. The molecular weight excluding hydrogens is 292 g/mol. The molecule has 0 spiro atoms. The zero-order valence-corrected chi connectivity index (χ0v) is 12.2. The van der Waals surface area contributed by atoms with Crippen molar-refractivity contribution in [3.63, 3.8) is 0 Å². The van der Waals surface area contributed by atoms with Crippen LogP contribution in [-0.2, 0) is 0 Å². The average Bonchev–Trinajstić information content (AvgIpc) is 2.38. The van der Waals surface area contributed by atoms with Gasteiger partial charge in [-0.25, -0.2) is 0 Å². The number of halogens is 1. The molecule has 0 N–H and O–H groups in total. The first-order chi connectivity index (χ1) is 8.65. The highest BCUT2D eigenvalue weighted by molar-refractivity contribution is 9.10. The third-order valence-corrected chi connectivity index (χ3v) is 3.50. The molecule has 0 heterocycles. The minimum absolute atomic E-state index is 0.837. The van der Waals surface area contributed by atoms with Gasteiger partial charge in [0, 0.05) is 0 Å². The first kappa shape index (κ1) is 13.0. The van der Waals surface area contributed by atoms with E-state index in [0.717, 1.165) is 32.7 Å². The maximum absolute atomic E-state index is 5.27. The number of rotatable bonds is 3. The molecule has 94 valence electrons. The zero-order chi connectivity index (χ0) is 13.1. The van der Waals surface area contributed by atoms with Crippen LogP contribution in [0, 0.1) is 6.92 Å². The van der Waals surface area contributed by atoms with Crippen molar-refractivity contribution < 1.29 is 9.47 Å².